The van der Waals surface area contributed by atoms with Crippen molar-refractivity contribution < 1.29 is 4.79 Å². The zero-order valence-corrected chi connectivity index (χ0v) is 13.7. The molecular formula is C17H21N3OS. The summed E-state index contributed by atoms with van der Waals surface area (Å²) in [6.45, 7) is 4.99. The van der Waals surface area contributed by atoms with Crippen LogP contribution in [0.5, 0.6) is 0 Å². The Bertz CT molecular complexity index is 644. The average molecular weight is 315 g/mol. The maximum atomic E-state index is 12.1. The normalized spacial score (nSPS) is 19.1. The SMILES string of the molecule is Cc1ncsc1-c1ccc([C@H](C)NC(=O)[C@@H]2CCCN2)cc1. The highest BCUT2D eigenvalue weighted by atomic mass is 32.1. The fourth-order valence-corrected chi connectivity index (χ4v) is 3.62. The molecule has 2 atom stereocenters. The van der Waals surface area contributed by atoms with Gasteiger partial charge in [0.15, 0.2) is 0 Å². The molecule has 1 aromatic carbocycles. The van der Waals surface area contributed by atoms with E-state index >= 15 is 0 Å². The van der Waals surface area contributed by atoms with E-state index in [1.54, 1.807) is 11.3 Å². The van der Waals surface area contributed by atoms with Crippen LogP contribution in [0.4, 0.5) is 0 Å². The van der Waals surface area contributed by atoms with Crippen molar-refractivity contribution in [2.45, 2.75) is 38.8 Å². The molecule has 0 spiro atoms. The molecule has 4 nitrogen and oxygen atoms in total. The monoisotopic (exact) mass is 315 g/mol. The summed E-state index contributed by atoms with van der Waals surface area (Å²) in [5, 5.41) is 6.32. The molecule has 3 rings (SSSR count). The van der Waals surface area contributed by atoms with Gasteiger partial charge in [0.05, 0.1) is 28.2 Å². The number of amides is 1. The van der Waals surface area contributed by atoms with Crippen molar-refractivity contribution in [2.75, 3.05) is 6.54 Å². The molecule has 2 heterocycles. The highest BCUT2D eigenvalue weighted by Crippen LogP contribution is 2.28. The van der Waals surface area contributed by atoms with Crippen LogP contribution in [0.2, 0.25) is 0 Å². The number of hydrogen-bond acceptors (Lipinski definition) is 4. The van der Waals surface area contributed by atoms with E-state index in [-0.39, 0.29) is 18.0 Å². The number of aryl methyl sites for hydroxylation is 1. The van der Waals surface area contributed by atoms with Gasteiger partial charge < -0.3 is 10.6 Å². The largest absolute Gasteiger partial charge is 0.348 e. The first kappa shape index (κ1) is 15.2. The molecule has 116 valence electrons. The number of hydrogen-bond donors (Lipinski definition) is 2. The van der Waals surface area contributed by atoms with Gasteiger partial charge in [0.1, 0.15) is 0 Å². The summed E-state index contributed by atoms with van der Waals surface area (Å²) >= 11 is 1.66. The first-order valence-electron chi connectivity index (χ1n) is 7.69. The van der Waals surface area contributed by atoms with Crippen molar-refractivity contribution in [1.82, 2.24) is 15.6 Å². The lowest BCUT2D eigenvalue weighted by molar-refractivity contribution is -0.123. The maximum Gasteiger partial charge on any atom is 0.237 e. The van der Waals surface area contributed by atoms with Gasteiger partial charge in [0.25, 0.3) is 0 Å². The first-order chi connectivity index (χ1) is 10.6. The molecule has 0 unspecified atom stereocenters. The van der Waals surface area contributed by atoms with Crippen molar-refractivity contribution in [3.05, 3.63) is 41.0 Å². The third-order valence-electron chi connectivity index (χ3n) is 4.15. The van der Waals surface area contributed by atoms with E-state index in [4.69, 9.17) is 0 Å². The van der Waals surface area contributed by atoms with Crippen LogP contribution < -0.4 is 10.6 Å². The summed E-state index contributed by atoms with van der Waals surface area (Å²) in [6, 6.07) is 8.37. The van der Waals surface area contributed by atoms with Crippen LogP contribution in [-0.2, 0) is 4.79 Å². The number of carbonyl (C=O) groups excluding carboxylic acids is 1. The lowest BCUT2D eigenvalue weighted by Crippen LogP contribution is -2.41. The third-order valence-corrected chi connectivity index (χ3v) is 5.13. The zero-order chi connectivity index (χ0) is 15.5. The number of rotatable bonds is 4. The summed E-state index contributed by atoms with van der Waals surface area (Å²) in [5.41, 5.74) is 5.24. The van der Waals surface area contributed by atoms with Gasteiger partial charge >= 0.3 is 0 Å². The van der Waals surface area contributed by atoms with E-state index in [2.05, 4.69) is 39.9 Å². The summed E-state index contributed by atoms with van der Waals surface area (Å²) in [4.78, 5) is 17.6. The Hall–Kier alpha value is -1.72. The number of benzene rings is 1. The van der Waals surface area contributed by atoms with Crippen molar-refractivity contribution in [2.24, 2.45) is 0 Å². The van der Waals surface area contributed by atoms with Crippen LogP contribution in [0.3, 0.4) is 0 Å². The molecule has 2 aromatic rings. The van der Waals surface area contributed by atoms with E-state index in [1.807, 2.05) is 19.4 Å². The highest BCUT2D eigenvalue weighted by Gasteiger charge is 2.23. The first-order valence-corrected chi connectivity index (χ1v) is 8.57. The second kappa shape index (κ2) is 6.58. The van der Waals surface area contributed by atoms with Crippen molar-refractivity contribution >= 4 is 17.2 Å². The minimum atomic E-state index is -0.0263. The molecule has 1 amide bonds. The van der Waals surface area contributed by atoms with E-state index in [0.29, 0.717) is 0 Å². The molecule has 1 fully saturated rings. The Morgan fingerprint density at radius 1 is 1.41 bits per heavy atom. The van der Waals surface area contributed by atoms with Crippen LogP contribution in [0.25, 0.3) is 10.4 Å². The molecule has 2 N–H and O–H groups in total. The molecule has 1 saturated heterocycles. The summed E-state index contributed by atoms with van der Waals surface area (Å²) < 4.78 is 0. The molecule has 0 bridgehead atoms. The second-order valence-electron chi connectivity index (χ2n) is 5.77. The lowest BCUT2D eigenvalue weighted by Gasteiger charge is -2.18. The Labute approximate surface area is 135 Å². The molecule has 5 heteroatoms. The Kier molecular flexibility index (Phi) is 4.55. The lowest BCUT2D eigenvalue weighted by atomic mass is 10.0. The van der Waals surface area contributed by atoms with Crippen LogP contribution in [0.15, 0.2) is 29.8 Å². The zero-order valence-electron chi connectivity index (χ0n) is 12.9. The summed E-state index contributed by atoms with van der Waals surface area (Å²) in [6.07, 6.45) is 2.01. The van der Waals surface area contributed by atoms with Gasteiger partial charge in [-0.2, -0.15) is 0 Å². The number of thiazole rings is 1. The fourth-order valence-electron chi connectivity index (χ4n) is 2.81. The molecule has 0 aliphatic carbocycles. The van der Waals surface area contributed by atoms with Crippen molar-refractivity contribution in [1.29, 1.82) is 0 Å². The smallest absolute Gasteiger partial charge is 0.237 e. The van der Waals surface area contributed by atoms with E-state index < -0.39 is 0 Å². The molecule has 0 saturated carbocycles. The van der Waals surface area contributed by atoms with Gasteiger partial charge in [0.2, 0.25) is 5.91 Å². The number of aromatic nitrogens is 1. The maximum absolute atomic E-state index is 12.1. The third kappa shape index (κ3) is 3.20. The molecule has 1 aliphatic rings. The van der Waals surface area contributed by atoms with Gasteiger partial charge in [-0.1, -0.05) is 24.3 Å². The quantitative estimate of drug-likeness (QED) is 0.912. The summed E-state index contributed by atoms with van der Waals surface area (Å²) in [7, 11) is 0. The van der Waals surface area contributed by atoms with Gasteiger partial charge in [-0.3, -0.25) is 4.79 Å². The Morgan fingerprint density at radius 3 is 2.77 bits per heavy atom. The van der Waals surface area contributed by atoms with Gasteiger partial charge in [0, 0.05) is 0 Å². The standard InChI is InChI=1S/C17H21N3OS/c1-11(20-17(21)15-4-3-9-18-15)13-5-7-14(8-6-13)16-12(2)19-10-22-16/h5-8,10-11,15,18H,3-4,9H2,1-2H3,(H,20,21)/t11-,15-/m0/s1. The molecule has 1 aromatic heterocycles. The highest BCUT2D eigenvalue weighted by molar-refractivity contribution is 7.13. The predicted octanol–water partition coefficient (Wildman–Crippen LogP) is 3.05. The van der Waals surface area contributed by atoms with E-state index in [1.165, 1.54) is 10.4 Å². The number of nitrogens with zero attached hydrogens (tertiary/aromatic N) is 1. The number of carbonyl (C=O) groups is 1. The van der Waals surface area contributed by atoms with Crippen LogP contribution in [0.1, 0.15) is 37.1 Å². The van der Waals surface area contributed by atoms with Gasteiger partial charge in [-0.25, -0.2) is 4.98 Å². The van der Waals surface area contributed by atoms with Crippen molar-refractivity contribution in [3.63, 3.8) is 0 Å². The van der Waals surface area contributed by atoms with Gasteiger partial charge in [-0.05, 0) is 44.4 Å². The number of nitrogens with one attached hydrogen (secondary N) is 2. The fraction of sp³-hybridized carbons (Fsp3) is 0.412. The minimum absolute atomic E-state index is 0.0199. The molecule has 22 heavy (non-hydrogen) atoms. The average Bonchev–Trinajstić information content (AvgIpc) is 3.18. The molecule has 0 radical (unpaired) electrons. The van der Waals surface area contributed by atoms with Crippen LogP contribution >= 0.6 is 11.3 Å². The van der Waals surface area contributed by atoms with Gasteiger partial charge in [-0.15, -0.1) is 11.3 Å². The minimum Gasteiger partial charge on any atom is -0.348 e. The molecule has 1 aliphatic heterocycles. The topological polar surface area (TPSA) is 54.0 Å². The molecular weight excluding hydrogens is 294 g/mol. The van der Waals surface area contributed by atoms with Crippen molar-refractivity contribution in [3.8, 4) is 10.4 Å². The van der Waals surface area contributed by atoms with E-state index in [0.717, 1.165) is 30.6 Å². The van der Waals surface area contributed by atoms with E-state index in [9.17, 15) is 4.79 Å². The van der Waals surface area contributed by atoms with Crippen LogP contribution in [-0.4, -0.2) is 23.5 Å². The van der Waals surface area contributed by atoms with Crippen LogP contribution in [0, 0.1) is 6.92 Å². The summed E-state index contributed by atoms with van der Waals surface area (Å²) in [5.74, 6) is 0.104. The predicted molar refractivity (Wildman–Crippen MR) is 89.9 cm³/mol. The Morgan fingerprint density at radius 2 is 2.18 bits per heavy atom. The Balaban J connectivity index is 1.67. The second-order valence-corrected chi connectivity index (χ2v) is 6.62.